The number of rotatable bonds is 2. The Kier molecular flexibility index (Phi) is 3.39. The third kappa shape index (κ3) is 2.59. The van der Waals surface area contributed by atoms with Crippen molar-refractivity contribution in [2.45, 2.75) is 51.1 Å². The quantitative estimate of drug-likeness (QED) is 0.871. The molecule has 1 spiro atoms. The molecule has 1 aliphatic heterocycles. The van der Waals surface area contributed by atoms with Gasteiger partial charge >= 0.3 is 0 Å². The lowest BCUT2D eigenvalue weighted by atomic mass is 9.97. The maximum atomic E-state index is 5.16. The van der Waals surface area contributed by atoms with E-state index < -0.39 is 0 Å². The maximum Gasteiger partial charge on any atom is 0.133 e. The monoisotopic (exact) mass is 249 g/mol. The van der Waals surface area contributed by atoms with Crippen LogP contribution >= 0.6 is 0 Å². The first-order valence-corrected chi connectivity index (χ1v) is 7.15. The molecule has 0 bridgehead atoms. The van der Waals surface area contributed by atoms with Crippen LogP contribution in [0.2, 0.25) is 0 Å². The molecule has 4 heteroatoms. The van der Waals surface area contributed by atoms with Gasteiger partial charge in [-0.1, -0.05) is 18.0 Å². The minimum atomic E-state index is 0.384. The third-order valence-electron chi connectivity index (χ3n) is 4.30. The summed E-state index contributed by atoms with van der Waals surface area (Å²) in [6.07, 6.45) is 6.66. The molecule has 1 aromatic rings. The second kappa shape index (κ2) is 5.02. The fourth-order valence-electron chi connectivity index (χ4n) is 3.46. The van der Waals surface area contributed by atoms with E-state index in [2.05, 4.69) is 21.4 Å². The molecule has 1 saturated carbocycles. The van der Waals surface area contributed by atoms with E-state index in [1.165, 1.54) is 45.2 Å². The minimum Gasteiger partial charge on any atom is -0.361 e. The molecule has 3 rings (SSSR count). The Morgan fingerprint density at radius 3 is 2.94 bits per heavy atom. The average Bonchev–Trinajstić information content (AvgIpc) is 2.89. The summed E-state index contributed by atoms with van der Waals surface area (Å²) in [5, 5.41) is 7.91. The number of aromatic nitrogens is 1. The Morgan fingerprint density at radius 1 is 1.39 bits per heavy atom. The fraction of sp³-hybridized carbons (Fsp3) is 0.786. The topological polar surface area (TPSA) is 41.3 Å². The predicted molar refractivity (Wildman–Crippen MR) is 70.3 cm³/mol. The average molecular weight is 249 g/mol. The lowest BCUT2D eigenvalue weighted by Crippen LogP contribution is -2.49. The van der Waals surface area contributed by atoms with Gasteiger partial charge in [0.1, 0.15) is 5.76 Å². The van der Waals surface area contributed by atoms with Gasteiger partial charge < -0.3 is 9.84 Å². The molecule has 18 heavy (non-hydrogen) atoms. The van der Waals surface area contributed by atoms with Gasteiger partial charge in [-0.25, -0.2) is 0 Å². The van der Waals surface area contributed by atoms with Crippen molar-refractivity contribution in [3.8, 4) is 0 Å². The summed E-state index contributed by atoms with van der Waals surface area (Å²) in [7, 11) is 0. The highest BCUT2D eigenvalue weighted by atomic mass is 16.5. The van der Waals surface area contributed by atoms with Gasteiger partial charge in [-0.05, 0) is 39.3 Å². The minimum absolute atomic E-state index is 0.384. The van der Waals surface area contributed by atoms with Gasteiger partial charge in [-0.3, -0.25) is 4.90 Å². The largest absolute Gasteiger partial charge is 0.361 e. The van der Waals surface area contributed by atoms with Gasteiger partial charge in [0, 0.05) is 24.7 Å². The molecule has 1 aliphatic carbocycles. The Morgan fingerprint density at radius 2 is 2.22 bits per heavy atom. The zero-order valence-electron chi connectivity index (χ0n) is 11.2. The lowest BCUT2D eigenvalue weighted by molar-refractivity contribution is 0.199. The normalized spacial score (nSPS) is 24.5. The van der Waals surface area contributed by atoms with Crippen LogP contribution in [0.3, 0.4) is 0 Å². The zero-order valence-corrected chi connectivity index (χ0v) is 11.2. The fourth-order valence-corrected chi connectivity index (χ4v) is 3.46. The first-order chi connectivity index (χ1) is 8.76. The molecule has 0 aromatic carbocycles. The molecule has 4 nitrogen and oxygen atoms in total. The van der Waals surface area contributed by atoms with Crippen molar-refractivity contribution >= 4 is 0 Å². The smallest absolute Gasteiger partial charge is 0.133 e. The summed E-state index contributed by atoms with van der Waals surface area (Å²) in [6, 6.07) is 2.06. The first-order valence-electron chi connectivity index (χ1n) is 7.15. The van der Waals surface area contributed by atoms with Crippen LogP contribution in [0.25, 0.3) is 0 Å². The molecule has 2 aliphatic rings. The number of nitrogens with one attached hydrogen (secondary N) is 1. The van der Waals surface area contributed by atoms with E-state index in [0.717, 1.165) is 24.5 Å². The van der Waals surface area contributed by atoms with E-state index in [-0.39, 0.29) is 0 Å². The van der Waals surface area contributed by atoms with Gasteiger partial charge in [0.25, 0.3) is 0 Å². The molecule has 0 unspecified atom stereocenters. The molecular weight excluding hydrogens is 226 g/mol. The molecule has 1 aromatic heterocycles. The molecular formula is C14H23N3O. The molecule has 100 valence electrons. The Labute approximate surface area is 109 Å². The molecule has 1 N–H and O–H groups in total. The van der Waals surface area contributed by atoms with Crippen LogP contribution in [0.5, 0.6) is 0 Å². The summed E-state index contributed by atoms with van der Waals surface area (Å²) in [5.41, 5.74) is 1.46. The van der Waals surface area contributed by atoms with Crippen molar-refractivity contribution in [3.05, 3.63) is 17.5 Å². The van der Waals surface area contributed by atoms with Crippen molar-refractivity contribution in [2.75, 3.05) is 19.6 Å². The summed E-state index contributed by atoms with van der Waals surface area (Å²) in [5.74, 6) is 0.911. The van der Waals surface area contributed by atoms with Crippen LogP contribution in [-0.4, -0.2) is 35.2 Å². The van der Waals surface area contributed by atoms with E-state index in [4.69, 9.17) is 4.52 Å². The second-order valence-electron chi connectivity index (χ2n) is 5.91. The number of hydrogen-bond donors (Lipinski definition) is 1. The molecule has 0 atom stereocenters. The van der Waals surface area contributed by atoms with Crippen LogP contribution in [0.1, 0.15) is 43.6 Å². The van der Waals surface area contributed by atoms with Crippen LogP contribution in [-0.2, 0) is 6.54 Å². The van der Waals surface area contributed by atoms with Gasteiger partial charge in [-0.15, -0.1) is 0 Å². The van der Waals surface area contributed by atoms with E-state index in [1.807, 2.05) is 6.92 Å². The first kappa shape index (κ1) is 12.2. The summed E-state index contributed by atoms with van der Waals surface area (Å²) >= 11 is 0. The zero-order chi connectivity index (χ0) is 12.4. The standard InChI is InChI=1S/C14H23N3O/c1-12-9-13(16-18-12)10-17-8-4-7-15-14(11-17)5-2-3-6-14/h9,15H,2-8,10-11H2,1H3. The van der Waals surface area contributed by atoms with E-state index >= 15 is 0 Å². The van der Waals surface area contributed by atoms with Gasteiger partial charge in [0.15, 0.2) is 0 Å². The van der Waals surface area contributed by atoms with Crippen molar-refractivity contribution < 1.29 is 4.52 Å². The Balaban J connectivity index is 1.67. The molecule has 2 fully saturated rings. The van der Waals surface area contributed by atoms with Crippen LogP contribution in [0, 0.1) is 6.92 Å². The summed E-state index contributed by atoms with van der Waals surface area (Å²) in [6.45, 7) is 6.38. The highest BCUT2D eigenvalue weighted by molar-refractivity contribution is 5.04. The highest BCUT2D eigenvalue weighted by Gasteiger charge is 2.36. The highest BCUT2D eigenvalue weighted by Crippen LogP contribution is 2.32. The second-order valence-corrected chi connectivity index (χ2v) is 5.91. The van der Waals surface area contributed by atoms with Crippen molar-refractivity contribution in [1.29, 1.82) is 0 Å². The predicted octanol–water partition coefficient (Wildman–Crippen LogP) is 2.09. The van der Waals surface area contributed by atoms with Crippen molar-refractivity contribution in [1.82, 2.24) is 15.4 Å². The van der Waals surface area contributed by atoms with Gasteiger partial charge in [-0.2, -0.15) is 0 Å². The van der Waals surface area contributed by atoms with Gasteiger partial charge in [0.2, 0.25) is 0 Å². The van der Waals surface area contributed by atoms with Crippen molar-refractivity contribution in [2.24, 2.45) is 0 Å². The number of nitrogens with zero attached hydrogens (tertiary/aromatic N) is 2. The lowest BCUT2D eigenvalue weighted by Gasteiger charge is -2.33. The maximum absolute atomic E-state index is 5.16. The van der Waals surface area contributed by atoms with E-state index in [0.29, 0.717) is 5.54 Å². The van der Waals surface area contributed by atoms with Gasteiger partial charge in [0.05, 0.1) is 5.69 Å². The molecule has 0 amide bonds. The molecule has 1 saturated heterocycles. The van der Waals surface area contributed by atoms with E-state index in [9.17, 15) is 0 Å². The molecule has 2 heterocycles. The third-order valence-corrected chi connectivity index (χ3v) is 4.30. The number of hydrogen-bond acceptors (Lipinski definition) is 4. The SMILES string of the molecule is Cc1cc(CN2CCCNC3(CCCC3)C2)no1. The summed E-state index contributed by atoms with van der Waals surface area (Å²) in [4.78, 5) is 2.54. The number of aryl methyl sites for hydroxylation is 1. The van der Waals surface area contributed by atoms with E-state index in [1.54, 1.807) is 0 Å². The Hall–Kier alpha value is -0.870. The van der Waals surface area contributed by atoms with Crippen molar-refractivity contribution in [3.63, 3.8) is 0 Å². The van der Waals surface area contributed by atoms with Crippen LogP contribution in [0.4, 0.5) is 0 Å². The Bertz CT molecular complexity index is 395. The van der Waals surface area contributed by atoms with Crippen LogP contribution < -0.4 is 5.32 Å². The molecule has 0 radical (unpaired) electrons. The summed E-state index contributed by atoms with van der Waals surface area (Å²) < 4.78 is 5.16. The van der Waals surface area contributed by atoms with Crippen LogP contribution in [0.15, 0.2) is 10.6 Å².